The Morgan fingerprint density at radius 3 is 2.32 bits per heavy atom. The molecule has 4 rings (SSSR count). The molecule has 8 heteroatoms. The number of carbonyl (C=O) groups is 2. The lowest BCUT2D eigenvalue weighted by molar-refractivity contribution is -0.129. The Bertz CT molecular complexity index is 1350. The molecule has 0 aliphatic rings. The van der Waals surface area contributed by atoms with Gasteiger partial charge in [0.2, 0.25) is 11.8 Å². The molecule has 38 heavy (non-hydrogen) atoms. The van der Waals surface area contributed by atoms with Crippen LogP contribution in [0.5, 0.6) is 0 Å². The molecule has 8 nitrogen and oxygen atoms in total. The van der Waals surface area contributed by atoms with Gasteiger partial charge in [-0.1, -0.05) is 67.1 Å². The van der Waals surface area contributed by atoms with Crippen LogP contribution in [0.2, 0.25) is 0 Å². The Hall–Kier alpha value is -4.30. The average Bonchev–Trinajstić information content (AvgIpc) is 3.38. The molecular formula is C30H34N6O2. The van der Waals surface area contributed by atoms with Crippen molar-refractivity contribution in [1.82, 2.24) is 25.0 Å². The van der Waals surface area contributed by atoms with Crippen LogP contribution in [0.3, 0.4) is 0 Å². The van der Waals surface area contributed by atoms with Crippen LogP contribution in [0, 0.1) is 6.92 Å². The Morgan fingerprint density at radius 1 is 0.921 bits per heavy atom. The zero-order chi connectivity index (χ0) is 27.1. The first-order chi connectivity index (χ1) is 18.3. The summed E-state index contributed by atoms with van der Waals surface area (Å²) in [5.74, 6) is 0.484. The minimum Gasteiger partial charge on any atom is -0.347 e. The summed E-state index contributed by atoms with van der Waals surface area (Å²) in [5.41, 5.74) is 5.02. The summed E-state index contributed by atoms with van der Waals surface area (Å²) in [5, 5.41) is 10.7. The molecule has 0 unspecified atom stereocenters. The Morgan fingerprint density at radius 2 is 1.66 bits per heavy atom. The summed E-state index contributed by atoms with van der Waals surface area (Å²) >= 11 is 0. The van der Waals surface area contributed by atoms with E-state index in [2.05, 4.69) is 58.8 Å². The summed E-state index contributed by atoms with van der Waals surface area (Å²) in [6.45, 7) is 5.04. The molecular weight excluding hydrogens is 476 g/mol. The number of anilines is 1. The van der Waals surface area contributed by atoms with Crippen molar-refractivity contribution in [2.75, 3.05) is 26.0 Å². The molecule has 0 aliphatic heterocycles. The quantitative estimate of drug-likeness (QED) is 0.330. The largest absolute Gasteiger partial charge is 0.347 e. The number of amides is 2. The first-order valence-electron chi connectivity index (χ1n) is 12.6. The highest BCUT2D eigenvalue weighted by atomic mass is 16.2. The number of pyridine rings is 1. The van der Waals surface area contributed by atoms with Crippen LogP contribution in [0.15, 0.2) is 85.3 Å². The SMILES string of the molecule is Cc1ccc([C@@H](C)CN[C@H](C(=O)Nc2ccc(-c3cnn(CC(=O)N(C)C)c3)cn2)c2ccccc2)cc1. The third-order valence-electron chi connectivity index (χ3n) is 6.45. The van der Waals surface area contributed by atoms with Crippen molar-refractivity contribution in [2.45, 2.75) is 32.4 Å². The van der Waals surface area contributed by atoms with Crippen molar-refractivity contribution in [3.8, 4) is 11.1 Å². The maximum absolute atomic E-state index is 13.4. The lowest BCUT2D eigenvalue weighted by Crippen LogP contribution is -2.35. The fraction of sp³-hybridized carbons (Fsp3) is 0.267. The molecule has 0 saturated heterocycles. The van der Waals surface area contributed by atoms with Crippen molar-refractivity contribution in [2.24, 2.45) is 0 Å². The van der Waals surface area contributed by atoms with Crippen molar-refractivity contribution in [1.29, 1.82) is 0 Å². The lowest BCUT2D eigenvalue weighted by Gasteiger charge is -2.21. The maximum atomic E-state index is 13.4. The monoisotopic (exact) mass is 510 g/mol. The summed E-state index contributed by atoms with van der Waals surface area (Å²) in [7, 11) is 3.43. The second-order valence-corrected chi connectivity index (χ2v) is 9.70. The number of rotatable bonds is 10. The van der Waals surface area contributed by atoms with Crippen molar-refractivity contribution in [3.63, 3.8) is 0 Å². The van der Waals surface area contributed by atoms with Crippen molar-refractivity contribution < 1.29 is 9.59 Å². The van der Waals surface area contributed by atoms with Crippen LogP contribution < -0.4 is 10.6 Å². The topological polar surface area (TPSA) is 92.2 Å². The zero-order valence-electron chi connectivity index (χ0n) is 22.3. The number of benzene rings is 2. The predicted octanol–water partition coefficient (Wildman–Crippen LogP) is 4.41. The number of carbonyl (C=O) groups excluding carboxylic acids is 2. The fourth-order valence-corrected chi connectivity index (χ4v) is 4.03. The Balaban J connectivity index is 1.42. The van der Waals surface area contributed by atoms with Crippen LogP contribution in [0.25, 0.3) is 11.1 Å². The van der Waals surface area contributed by atoms with E-state index in [4.69, 9.17) is 0 Å². The molecule has 2 heterocycles. The van der Waals surface area contributed by atoms with E-state index in [0.717, 1.165) is 16.7 Å². The van der Waals surface area contributed by atoms with Gasteiger partial charge >= 0.3 is 0 Å². The molecule has 0 saturated carbocycles. The number of hydrogen-bond acceptors (Lipinski definition) is 5. The molecule has 0 fully saturated rings. The Labute approximate surface area is 223 Å². The number of aromatic nitrogens is 3. The van der Waals surface area contributed by atoms with Crippen LogP contribution in [-0.4, -0.2) is 52.1 Å². The van der Waals surface area contributed by atoms with Gasteiger partial charge in [0.05, 0.1) is 6.20 Å². The van der Waals surface area contributed by atoms with Crippen molar-refractivity contribution >= 4 is 17.6 Å². The van der Waals surface area contributed by atoms with E-state index in [9.17, 15) is 9.59 Å². The third-order valence-corrected chi connectivity index (χ3v) is 6.45. The standard InChI is InChI=1S/C30H34N6O2/c1-21-10-12-23(13-11-21)22(2)16-32-29(24-8-6-5-7-9-24)30(38)34-27-15-14-25(17-31-27)26-18-33-36(19-26)20-28(37)35(3)4/h5-15,17-19,22,29,32H,16,20H2,1-4H3,(H,31,34,38)/t22-,29-/m0/s1. The molecule has 0 spiro atoms. The molecule has 196 valence electrons. The number of nitrogens with zero attached hydrogens (tertiary/aromatic N) is 4. The van der Waals surface area contributed by atoms with Crippen molar-refractivity contribution in [3.05, 3.63) is 102 Å². The van der Waals surface area contributed by atoms with Gasteiger partial charge < -0.3 is 15.5 Å². The molecule has 0 radical (unpaired) electrons. The van der Waals surface area contributed by atoms with E-state index >= 15 is 0 Å². The summed E-state index contributed by atoms with van der Waals surface area (Å²) in [4.78, 5) is 31.3. The number of hydrogen-bond donors (Lipinski definition) is 2. The maximum Gasteiger partial charge on any atom is 0.247 e. The summed E-state index contributed by atoms with van der Waals surface area (Å²) < 4.78 is 1.60. The van der Waals surface area contributed by atoms with Gasteiger partial charge in [-0.3, -0.25) is 14.3 Å². The van der Waals surface area contributed by atoms with Crippen LogP contribution >= 0.6 is 0 Å². The number of aryl methyl sites for hydroxylation is 1. The lowest BCUT2D eigenvalue weighted by atomic mass is 9.98. The molecule has 4 aromatic rings. The third kappa shape index (κ3) is 6.92. The first kappa shape index (κ1) is 26.8. The molecule has 2 N–H and O–H groups in total. The van der Waals surface area contributed by atoms with E-state index in [1.54, 1.807) is 43.4 Å². The van der Waals surface area contributed by atoms with E-state index in [0.29, 0.717) is 12.4 Å². The molecule has 2 atom stereocenters. The van der Waals surface area contributed by atoms with Gasteiger partial charge in [0.1, 0.15) is 18.4 Å². The number of likely N-dealkylation sites (N-methyl/N-ethyl adjacent to an activating group) is 1. The minimum atomic E-state index is -0.530. The smallest absolute Gasteiger partial charge is 0.247 e. The molecule has 0 aliphatic carbocycles. The second kappa shape index (κ2) is 12.3. The molecule has 2 amide bonds. The van der Waals surface area contributed by atoms with Gasteiger partial charge in [-0.25, -0.2) is 4.98 Å². The van der Waals surface area contributed by atoms with Gasteiger partial charge in [0.25, 0.3) is 0 Å². The normalized spacial score (nSPS) is 12.5. The van der Waals surface area contributed by atoms with Gasteiger partial charge in [-0.2, -0.15) is 5.10 Å². The zero-order valence-corrected chi connectivity index (χ0v) is 22.3. The fourth-order valence-electron chi connectivity index (χ4n) is 4.03. The van der Waals surface area contributed by atoms with E-state index in [1.807, 2.05) is 36.4 Å². The summed E-state index contributed by atoms with van der Waals surface area (Å²) in [6.07, 6.45) is 5.19. The highest BCUT2D eigenvalue weighted by Gasteiger charge is 2.22. The van der Waals surface area contributed by atoms with Gasteiger partial charge in [0, 0.05) is 44.2 Å². The van der Waals surface area contributed by atoms with E-state index < -0.39 is 6.04 Å². The summed E-state index contributed by atoms with van der Waals surface area (Å²) in [6, 6.07) is 21.3. The molecule has 0 bridgehead atoms. The van der Waals surface area contributed by atoms with Gasteiger partial charge in [-0.15, -0.1) is 0 Å². The van der Waals surface area contributed by atoms with Crippen LogP contribution in [0.1, 0.15) is 35.6 Å². The average molecular weight is 511 g/mol. The van der Waals surface area contributed by atoms with Crippen LogP contribution in [-0.2, 0) is 16.1 Å². The molecule has 2 aromatic carbocycles. The van der Waals surface area contributed by atoms with E-state index in [-0.39, 0.29) is 24.3 Å². The minimum absolute atomic E-state index is 0.0364. The highest BCUT2D eigenvalue weighted by molar-refractivity contribution is 5.95. The van der Waals surface area contributed by atoms with E-state index in [1.165, 1.54) is 16.0 Å². The second-order valence-electron chi connectivity index (χ2n) is 9.70. The highest BCUT2D eigenvalue weighted by Crippen LogP contribution is 2.22. The van der Waals surface area contributed by atoms with Gasteiger partial charge in [0.15, 0.2) is 0 Å². The van der Waals surface area contributed by atoms with Crippen LogP contribution in [0.4, 0.5) is 5.82 Å². The van der Waals surface area contributed by atoms with Gasteiger partial charge in [-0.05, 0) is 36.1 Å². The first-order valence-corrected chi connectivity index (χ1v) is 12.6. The predicted molar refractivity (Wildman–Crippen MR) is 150 cm³/mol. The number of nitrogens with one attached hydrogen (secondary N) is 2. The molecule has 2 aromatic heterocycles. The Kier molecular flexibility index (Phi) is 8.66.